The predicted octanol–water partition coefficient (Wildman–Crippen LogP) is -4.57. The molecule has 12 nitrogen and oxygen atoms in total. The summed E-state index contributed by atoms with van der Waals surface area (Å²) >= 11 is 1.24. The zero-order valence-corrected chi connectivity index (χ0v) is 23.7. The van der Waals surface area contributed by atoms with Crippen LogP contribution in [0.1, 0.15) is 32.4 Å². The Morgan fingerprint density at radius 1 is 1.11 bits per heavy atom. The number of carboxylic acid groups (broad SMARTS) is 1. The summed E-state index contributed by atoms with van der Waals surface area (Å²) in [5.41, 5.74) is 0.393. The number of carbonyl (C=O) groups is 6. The third kappa shape index (κ3) is 5.22. The van der Waals surface area contributed by atoms with Crippen LogP contribution in [0.15, 0.2) is 30.3 Å². The van der Waals surface area contributed by atoms with Crippen molar-refractivity contribution < 1.29 is 63.4 Å². The number of imide groups is 1. The van der Waals surface area contributed by atoms with Gasteiger partial charge in [-0.15, -0.1) is 11.8 Å². The van der Waals surface area contributed by atoms with Gasteiger partial charge in [0.2, 0.25) is 11.8 Å². The number of nitrogens with zero attached hydrogens (tertiary/aromatic N) is 3. The summed E-state index contributed by atoms with van der Waals surface area (Å²) in [5, 5.41) is 16.1. The van der Waals surface area contributed by atoms with Crippen molar-refractivity contribution in [2.24, 2.45) is 0 Å². The van der Waals surface area contributed by atoms with Crippen molar-refractivity contribution in [3.05, 3.63) is 35.9 Å². The first-order valence-electron chi connectivity index (χ1n) is 11.5. The van der Waals surface area contributed by atoms with Gasteiger partial charge in [-0.2, -0.15) is 0 Å². The standard InChI is InChI=1S/C23H27N5O7S.Na/c1-4-26-10-11-27(19(32)18(26)31)22(35)25-13(12-8-6-5-7-9-12)16(29)24-14-17(30)28-15(21(33)34)23(2,3)36-20(14)28;/h5-9,13-15,20H,4,10-11H2,1-3H3,(H,24,29)(H,25,35)(H,33,34);/q;+1/p-1/t13-,14+,15-,20-;/m0./s1. The number of nitrogens with one attached hydrogen (secondary N) is 2. The molecule has 1 aromatic rings. The smallest absolute Gasteiger partial charge is 0.548 e. The van der Waals surface area contributed by atoms with Crippen molar-refractivity contribution in [2.75, 3.05) is 19.6 Å². The van der Waals surface area contributed by atoms with Gasteiger partial charge in [-0.3, -0.25) is 24.1 Å². The number of thioether (sulfide) groups is 1. The molecule has 0 bridgehead atoms. The van der Waals surface area contributed by atoms with Crippen LogP contribution in [0.3, 0.4) is 0 Å². The number of carbonyl (C=O) groups excluding carboxylic acids is 6. The second-order valence-corrected chi connectivity index (χ2v) is 11.0. The maximum atomic E-state index is 13.3. The van der Waals surface area contributed by atoms with Gasteiger partial charge in [-0.25, -0.2) is 4.79 Å². The molecule has 0 spiro atoms. The van der Waals surface area contributed by atoms with Crippen LogP contribution in [0.25, 0.3) is 0 Å². The molecule has 1 aromatic carbocycles. The van der Waals surface area contributed by atoms with Crippen molar-refractivity contribution >= 4 is 47.4 Å². The van der Waals surface area contributed by atoms with Crippen molar-refractivity contribution in [3.8, 4) is 0 Å². The SMILES string of the molecule is CCN1CCN(C(=O)N[C@H](C(=O)N[C@@H]2C(=O)N3[C@@H](C(=O)[O-])C(C)(C)S[C@@H]23)c2ccccc2)C(=O)C1=O.[Na+]. The van der Waals surface area contributed by atoms with Crippen LogP contribution in [0.5, 0.6) is 0 Å². The topological polar surface area (TPSA) is 159 Å². The molecule has 3 aliphatic rings. The Morgan fingerprint density at radius 3 is 2.35 bits per heavy atom. The second-order valence-electron chi connectivity index (χ2n) is 9.20. The third-order valence-corrected chi connectivity index (χ3v) is 8.13. The number of aliphatic carboxylic acids is 1. The Hall–Kier alpha value is -2.61. The van der Waals surface area contributed by atoms with Gasteiger partial charge < -0.3 is 30.3 Å². The molecule has 2 N–H and O–H groups in total. The zero-order valence-electron chi connectivity index (χ0n) is 20.9. The summed E-state index contributed by atoms with van der Waals surface area (Å²) in [6, 6.07) is 3.92. The van der Waals surface area contributed by atoms with Gasteiger partial charge in [-0.1, -0.05) is 30.3 Å². The van der Waals surface area contributed by atoms with Crippen LogP contribution in [-0.2, 0) is 24.0 Å². The average Bonchev–Trinajstić information content (AvgIpc) is 3.10. The molecule has 192 valence electrons. The molecular formula is C23H26N5NaO7S. The van der Waals surface area contributed by atoms with E-state index in [0.29, 0.717) is 12.1 Å². The molecular weight excluding hydrogens is 513 g/mol. The fraction of sp³-hybridized carbons (Fsp3) is 0.478. The molecule has 0 radical (unpaired) electrons. The quantitative estimate of drug-likeness (QED) is 0.208. The first-order valence-corrected chi connectivity index (χ1v) is 12.3. The molecule has 37 heavy (non-hydrogen) atoms. The Bertz CT molecular complexity index is 1130. The summed E-state index contributed by atoms with van der Waals surface area (Å²) in [6.07, 6.45) is 0. The molecule has 14 heteroatoms. The van der Waals surface area contributed by atoms with E-state index in [1.807, 2.05) is 0 Å². The monoisotopic (exact) mass is 539 g/mol. The van der Waals surface area contributed by atoms with Crippen LogP contribution < -0.4 is 45.3 Å². The van der Waals surface area contributed by atoms with E-state index < -0.39 is 63.9 Å². The Labute approximate surface area is 239 Å². The van der Waals surface area contributed by atoms with Crippen molar-refractivity contribution in [3.63, 3.8) is 0 Å². The normalized spacial score (nSPS) is 25.0. The Morgan fingerprint density at radius 2 is 1.76 bits per heavy atom. The maximum Gasteiger partial charge on any atom is 1.00 e. The van der Waals surface area contributed by atoms with E-state index in [2.05, 4.69) is 10.6 Å². The number of likely N-dealkylation sites (N-methyl/N-ethyl adjacent to an activating group) is 1. The Balaban J connectivity index is 0.00000380. The predicted molar refractivity (Wildman–Crippen MR) is 125 cm³/mol. The van der Waals surface area contributed by atoms with Crippen LogP contribution in [0.4, 0.5) is 4.79 Å². The van der Waals surface area contributed by atoms with Crippen LogP contribution in [0.2, 0.25) is 0 Å². The number of amides is 6. The van der Waals surface area contributed by atoms with Crippen LogP contribution >= 0.6 is 11.8 Å². The van der Waals surface area contributed by atoms with E-state index in [0.717, 1.165) is 4.90 Å². The molecule has 3 aliphatic heterocycles. The average molecular weight is 540 g/mol. The zero-order chi connectivity index (χ0) is 26.4. The summed E-state index contributed by atoms with van der Waals surface area (Å²) in [5.74, 6) is -4.44. The number of benzene rings is 1. The number of fused-ring (bicyclic) bond motifs is 1. The van der Waals surface area contributed by atoms with E-state index in [4.69, 9.17) is 0 Å². The largest absolute Gasteiger partial charge is 1.00 e. The first kappa shape index (κ1) is 29.0. The van der Waals surface area contributed by atoms with Gasteiger partial charge in [-0.05, 0) is 26.3 Å². The van der Waals surface area contributed by atoms with Crippen molar-refractivity contribution in [1.29, 1.82) is 0 Å². The molecule has 3 saturated heterocycles. The molecule has 0 aromatic heterocycles. The fourth-order valence-electron chi connectivity index (χ4n) is 4.68. The molecule has 4 rings (SSSR count). The number of hydrogen-bond donors (Lipinski definition) is 2. The van der Waals surface area contributed by atoms with E-state index in [-0.39, 0.29) is 42.6 Å². The third-order valence-electron chi connectivity index (χ3n) is 6.56. The summed E-state index contributed by atoms with van der Waals surface area (Å²) in [4.78, 5) is 78.6. The van der Waals surface area contributed by atoms with E-state index in [1.165, 1.54) is 21.6 Å². The number of piperazine rings is 1. The minimum absolute atomic E-state index is 0. The number of carboxylic acids is 1. The summed E-state index contributed by atoms with van der Waals surface area (Å²) in [6.45, 7) is 5.58. The van der Waals surface area contributed by atoms with Crippen molar-refractivity contribution in [2.45, 2.75) is 49.0 Å². The molecule has 0 unspecified atom stereocenters. The molecule has 0 saturated carbocycles. The van der Waals surface area contributed by atoms with Crippen molar-refractivity contribution in [1.82, 2.24) is 25.3 Å². The van der Waals surface area contributed by atoms with E-state index in [9.17, 15) is 33.9 Å². The Kier molecular flexibility index (Phi) is 8.62. The van der Waals surface area contributed by atoms with Gasteiger partial charge in [0, 0.05) is 24.4 Å². The molecule has 4 atom stereocenters. The molecule has 3 fully saturated rings. The maximum absolute atomic E-state index is 13.3. The van der Waals surface area contributed by atoms with E-state index >= 15 is 0 Å². The summed E-state index contributed by atoms with van der Waals surface area (Å²) in [7, 11) is 0. The molecule has 3 heterocycles. The number of β-lactam (4-membered cyclic amide) rings is 1. The summed E-state index contributed by atoms with van der Waals surface area (Å²) < 4.78 is -0.820. The first-order chi connectivity index (χ1) is 17.0. The number of hydrogen-bond acceptors (Lipinski definition) is 8. The van der Waals surface area contributed by atoms with E-state index in [1.54, 1.807) is 51.1 Å². The minimum Gasteiger partial charge on any atom is -0.548 e. The number of urea groups is 1. The molecule has 0 aliphatic carbocycles. The van der Waals surface area contributed by atoms with Crippen LogP contribution in [0, 0.1) is 0 Å². The van der Waals surface area contributed by atoms with Gasteiger partial charge in [0.05, 0.1) is 12.0 Å². The fourth-order valence-corrected chi connectivity index (χ4v) is 6.30. The number of rotatable bonds is 6. The second kappa shape index (κ2) is 11.0. The van der Waals surface area contributed by atoms with Gasteiger partial charge in [0.25, 0.3) is 0 Å². The van der Waals surface area contributed by atoms with Gasteiger partial charge >= 0.3 is 47.4 Å². The minimum atomic E-state index is -1.37. The van der Waals surface area contributed by atoms with Crippen LogP contribution in [-0.4, -0.2) is 92.2 Å². The molecule has 6 amide bonds. The van der Waals surface area contributed by atoms with Gasteiger partial charge in [0.15, 0.2) is 0 Å². The van der Waals surface area contributed by atoms with Gasteiger partial charge in [0.1, 0.15) is 17.5 Å².